The standard InChI is InChI=1S/C40H59NO11/c1-19-11-24-5-7-28-20(2)12-26(45-28)9-10-40-17-33-36(51-40)37-38(50-33)39(52-40)35-29(49-37)8-6-25(47-35)13-22(42)14-27-31(16-30(46-24)21(19)3)48-32(34(27)44-4)15-23(43)18-41/h19,23-39,43H,2-3,5-18,41H2,1,4H3/t19-,23+,24?,25-,26+,27+,28?,29+,30?,31+,32?,33-,34-,35+,36+,37+,38?,39+,40+/m1/s1. The molecule has 0 aromatic heterocycles. The second kappa shape index (κ2) is 14.3. The molecular weight excluding hydrogens is 670 g/mol. The van der Waals surface area contributed by atoms with E-state index in [9.17, 15) is 9.90 Å². The zero-order chi connectivity index (χ0) is 35.9. The first kappa shape index (κ1) is 36.4. The highest BCUT2D eigenvalue weighted by molar-refractivity contribution is 5.79. The van der Waals surface area contributed by atoms with Gasteiger partial charge in [0.05, 0.1) is 67.1 Å². The second-order valence-electron chi connectivity index (χ2n) is 17.4. The molecule has 0 aromatic carbocycles. The number of hydrogen-bond donors (Lipinski definition) is 2. The van der Waals surface area contributed by atoms with Gasteiger partial charge in [0.2, 0.25) is 0 Å². The van der Waals surface area contributed by atoms with E-state index in [1.165, 1.54) is 0 Å². The summed E-state index contributed by atoms with van der Waals surface area (Å²) in [6.07, 6.45) is 4.85. The van der Waals surface area contributed by atoms with Gasteiger partial charge in [0, 0.05) is 58.1 Å². The van der Waals surface area contributed by atoms with Crippen LogP contribution in [0.1, 0.15) is 90.4 Å². The van der Waals surface area contributed by atoms with Crippen LogP contribution in [0.4, 0.5) is 0 Å². The molecule has 0 aliphatic carbocycles. The summed E-state index contributed by atoms with van der Waals surface area (Å²) in [6, 6.07) is 0. The van der Waals surface area contributed by atoms with Gasteiger partial charge in [-0.3, -0.25) is 4.79 Å². The number of methoxy groups -OCH3 is 1. The van der Waals surface area contributed by atoms with Crippen molar-refractivity contribution >= 4 is 5.78 Å². The van der Waals surface area contributed by atoms with Crippen molar-refractivity contribution in [3.8, 4) is 0 Å². The van der Waals surface area contributed by atoms with E-state index in [4.69, 9.17) is 48.4 Å². The monoisotopic (exact) mass is 729 g/mol. The van der Waals surface area contributed by atoms with E-state index in [0.717, 1.165) is 56.1 Å². The largest absolute Gasteiger partial charge is 0.392 e. The molecule has 0 amide bonds. The van der Waals surface area contributed by atoms with Crippen LogP contribution in [0.3, 0.4) is 0 Å². The molecule has 1 spiro atoms. The van der Waals surface area contributed by atoms with Crippen LogP contribution in [0.15, 0.2) is 24.3 Å². The molecule has 10 fully saturated rings. The number of Topliss-reactive ketones (excluding diaryl/α,β-unsaturated/α-hetero) is 1. The highest BCUT2D eigenvalue weighted by Crippen LogP contribution is 2.54. The number of carbonyl (C=O) groups excluding carboxylic acids is 1. The molecule has 52 heavy (non-hydrogen) atoms. The lowest BCUT2D eigenvalue weighted by Crippen LogP contribution is -2.61. The minimum atomic E-state index is -0.780. The van der Waals surface area contributed by atoms with Crippen LogP contribution >= 0.6 is 0 Å². The van der Waals surface area contributed by atoms with E-state index >= 15 is 0 Å². The minimum absolute atomic E-state index is 0.0158. The van der Waals surface area contributed by atoms with E-state index in [1.54, 1.807) is 7.11 Å². The number of hydrogen-bond acceptors (Lipinski definition) is 12. The maximum absolute atomic E-state index is 14.1. The van der Waals surface area contributed by atoms with Crippen molar-refractivity contribution in [1.29, 1.82) is 0 Å². The van der Waals surface area contributed by atoms with Gasteiger partial charge in [0.15, 0.2) is 5.79 Å². The highest BCUT2D eigenvalue weighted by atomic mass is 16.8. The summed E-state index contributed by atoms with van der Waals surface area (Å²) in [4.78, 5) is 14.1. The van der Waals surface area contributed by atoms with Gasteiger partial charge in [-0.15, -0.1) is 0 Å². The Balaban J connectivity index is 0.994. The summed E-state index contributed by atoms with van der Waals surface area (Å²) >= 11 is 0. The third kappa shape index (κ3) is 6.59. The molecular formula is C40H59NO11. The first-order valence-electron chi connectivity index (χ1n) is 20.2. The Bertz CT molecular complexity index is 1380. The Hall–Kier alpha value is -1.29. The molecule has 10 aliphatic rings. The number of aliphatic hydroxyl groups excluding tert-OH is 1. The molecule has 10 saturated heterocycles. The van der Waals surface area contributed by atoms with Crippen LogP contribution in [0.2, 0.25) is 0 Å². The quantitative estimate of drug-likeness (QED) is 0.409. The zero-order valence-electron chi connectivity index (χ0n) is 30.8. The molecule has 12 heteroatoms. The third-order valence-corrected chi connectivity index (χ3v) is 14.0. The average molecular weight is 730 g/mol. The molecule has 0 aromatic rings. The number of nitrogens with two attached hydrogens (primary N) is 1. The third-order valence-electron chi connectivity index (χ3n) is 14.0. The first-order valence-corrected chi connectivity index (χ1v) is 20.2. The number of rotatable bonds is 4. The van der Waals surface area contributed by atoms with Crippen molar-refractivity contribution in [1.82, 2.24) is 0 Å². The van der Waals surface area contributed by atoms with Crippen LogP contribution in [0.25, 0.3) is 0 Å². The first-order chi connectivity index (χ1) is 25.1. The van der Waals surface area contributed by atoms with Crippen LogP contribution < -0.4 is 5.73 Å². The van der Waals surface area contributed by atoms with Gasteiger partial charge in [-0.25, -0.2) is 0 Å². The number of carbonyl (C=O) groups is 1. The van der Waals surface area contributed by atoms with Crippen LogP contribution in [0, 0.1) is 11.8 Å². The lowest BCUT2D eigenvalue weighted by Gasteiger charge is -2.47. The predicted molar refractivity (Wildman–Crippen MR) is 186 cm³/mol. The molecule has 19 atom stereocenters. The Morgan fingerprint density at radius 3 is 2.38 bits per heavy atom. The molecule has 12 nitrogen and oxygen atoms in total. The topological polar surface area (TPSA) is 146 Å². The minimum Gasteiger partial charge on any atom is -0.392 e. The number of fused-ring (bicyclic) bond motifs is 6. The smallest absolute Gasteiger partial charge is 0.172 e. The van der Waals surface area contributed by atoms with E-state index in [2.05, 4.69) is 20.1 Å². The summed E-state index contributed by atoms with van der Waals surface area (Å²) in [5.41, 5.74) is 8.01. The molecule has 12 bridgehead atoms. The van der Waals surface area contributed by atoms with Gasteiger partial charge in [-0.1, -0.05) is 20.1 Å². The fourth-order valence-electron chi connectivity index (χ4n) is 11.3. The fraction of sp³-hybridized carbons (Fsp3) is 0.875. The fourth-order valence-corrected chi connectivity index (χ4v) is 11.3. The Labute approximate surface area is 307 Å². The van der Waals surface area contributed by atoms with E-state index in [1.807, 2.05) is 0 Å². The summed E-state index contributed by atoms with van der Waals surface area (Å²) < 4.78 is 60.0. The number of ether oxygens (including phenoxy) is 9. The van der Waals surface area contributed by atoms with Gasteiger partial charge in [0.1, 0.15) is 36.3 Å². The van der Waals surface area contributed by atoms with Gasteiger partial charge in [0.25, 0.3) is 0 Å². The van der Waals surface area contributed by atoms with Crippen molar-refractivity contribution in [2.45, 2.75) is 194 Å². The highest BCUT2D eigenvalue weighted by Gasteiger charge is 2.68. The SMILES string of the molecule is C=C1C[C@@H]2CC[C@@]34C[C@H]5OC6[C@@H](O[C@H]7CC[C@H](CC(=O)C[C@H]8[C@H](CC9OC(CCC1O2)C[C@@H](C)C9=C)OC(C[C@H](O)CN)[C@@H]8OC)O[C@@H]7[C@@H]6O3)[C@H]5O4. The molecule has 0 radical (unpaired) electrons. The number of ketones is 1. The van der Waals surface area contributed by atoms with Crippen molar-refractivity contribution in [2.75, 3.05) is 13.7 Å². The van der Waals surface area contributed by atoms with Crippen LogP contribution in [-0.2, 0) is 47.4 Å². The lowest BCUT2D eigenvalue weighted by atomic mass is 9.81. The normalized spacial score (nSPS) is 52.4. The maximum atomic E-state index is 14.1. The Morgan fingerprint density at radius 1 is 0.808 bits per heavy atom. The Morgan fingerprint density at radius 2 is 1.56 bits per heavy atom. The summed E-state index contributed by atoms with van der Waals surface area (Å²) in [5, 5.41) is 10.5. The molecule has 0 saturated carbocycles. The number of aliphatic hydroxyl groups is 1. The van der Waals surface area contributed by atoms with Gasteiger partial charge < -0.3 is 53.5 Å². The lowest BCUT2D eigenvalue weighted by molar-refractivity contribution is -0.292. The predicted octanol–water partition coefficient (Wildman–Crippen LogP) is 3.44. The van der Waals surface area contributed by atoms with E-state index in [0.29, 0.717) is 25.7 Å². The Kier molecular flexibility index (Phi) is 10.0. The maximum Gasteiger partial charge on any atom is 0.172 e. The summed E-state index contributed by atoms with van der Waals surface area (Å²) in [6.45, 7) is 11.3. The van der Waals surface area contributed by atoms with Crippen molar-refractivity contribution < 1.29 is 52.5 Å². The molecule has 10 heterocycles. The van der Waals surface area contributed by atoms with E-state index in [-0.39, 0.29) is 122 Å². The summed E-state index contributed by atoms with van der Waals surface area (Å²) in [7, 11) is 1.66. The van der Waals surface area contributed by atoms with Gasteiger partial charge >= 0.3 is 0 Å². The van der Waals surface area contributed by atoms with Crippen LogP contribution in [-0.4, -0.2) is 128 Å². The molecule has 10 aliphatic heterocycles. The molecule has 5 unspecified atom stereocenters. The van der Waals surface area contributed by atoms with E-state index < -0.39 is 18.0 Å². The zero-order valence-corrected chi connectivity index (χ0v) is 30.8. The molecule has 3 N–H and O–H groups in total. The second-order valence-corrected chi connectivity index (χ2v) is 17.4. The van der Waals surface area contributed by atoms with Crippen molar-refractivity contribution in [2.24, 2.45) is 17.6 Å². The van der Waals surface area contributed by atoms with Gasteiger partial charge in [-0.2, -0.15) is 0 Å². The van der Waals surface area contributed by atoms with Crippen molar-refractivity contribution in [3.63, 3.8) is 0 Å². The average Bonchev–Trinajstić information content (AvgIpc) is 3.79. The molecule has 290 valence electrons. The van der Waals surface area contributed by atoms with Crippen molar-refractivity contribution in [3.05, 3.63) is 24.3 Å². The van der Waals surface area contributed by atoms with Gasteiger partial charge in [-0.05, 0) is 62.0 Å². The summed E-state index contributed by atoms with van der Waals surface area (Å²) in [5.74, 6) is -0.619. The molecule has 10 rings (SSSR count). The van der Waals surface area contributed by atoms with Crippen LogP contribution in [0.5, 0.6) is 0 Å².